The minimum atomic E-state index is -0.261. The molecule has 0 spiro atoms. The molecule has 10 heteroatoms. The van der Waals surface area contributed by atoms with Crippen LogP contribution >= 0.6 is 0 Å². The summed E-state index contributed by atoms with van der Waals surface area (Å²) in [7, 11) is 4.26. The summed E-state index contributed by atoms with van der Waals surface area (Å²) in [4.78, 5) is 22.0. The molecule has 2 saturated carbocycles. The largest absolute Gasteiger partial charge is 0.463 e. The number of ether oxygens (including phenoxy) is 2. The fourth-order valence-electron chi connectivity index (χ4n) is 7.16. The molecule has 10 nitrogen and oxygen atoms in total. The lowest BCUT2D eigenvalue weighted by Gasteiger charge is -2.37. The van der Waals surface area contributed by atoms with Gasteiger partial charge < -0.3 is 28.7 Å². The van der Waals surface area contributed by atoms with Crippen molar-refractivity contribution in [1.82, 2.24) is 25.0 Å². The molecule has 4 heterocycles. The lowest BCUT2D eigenvalue weighted by Crippen LogP contribution is -2.41. The van der Waals surface area contributed by atoms with Gasteiger partial charge in [-0.2, -0.15) is 15.0 Å². The maximum Gasteiger partial charge on any atom is 0.318 e. The number of anilines is 2. The number of rotatable bonds is 10. The molecule has 0 N–H and O–H groups in total. The van der Waals surface area contributed by atoms with Crippen LogP contribution < -0.4 is 14.5 Å². The normalized spacial score (nSPS) is 20.9. The third-order valence-corrected chi connectivity index (χ3v) is 9.87. The minimum absolute atomic E-state index is 0.191. The van der Waals surface area contributed by atoms with Crippen molar-refractivity contribution in [3.63, 3.8) is 0 Å². The van der Waals surface area contributed by atoms with E-state index >= 15 is 0 Å². The average Bonchev–Trinajstić information content (AvgIpc) is 4.00. The van der Waals surface area contributed by atoms with E-state index in [1.165, 1.54) is 40.4 Å². The highest BCUT2D eigenvalue weighted by Crippen LogP contribution is 2.46. The maximum atomic E-state index is 6.46. The molecule has 0 bridgehead atoms. The highest BCUT2D eigenvalue weighted by atomic mass is 16.5. The Bertz CT molecular complexity index is 1690. The number of fused-ring (bicyclic) bond motifs is 2. The number of nitrogens with zero attached hydrogens (tertiary/aromatic N) is 7. The van der Waals surface area contributed by atoms with Crippen LogP contribution in [0.3, 0.4) is 0 Å². The SMILES string of the molecule is CCc1cccc2cccc(N3CCc4c(nc(OCC5(CN(C)C)CC5)nc4N4CCOC(c5noc(C6CC6)n5)C4)C3)c12. The van der Waals surface area contributed by atoms with Gasteiger partial charge in [-0.3, -0.25) is 0 Å². The summed E-state index contributed by atoms with van der Waals surface area (Å²) in [5.41, 5.74) is 5.09. The fraction of sp³-hybridized carbons (Fsp3) is 0.543. The number of morpholine rings is 1. The summed E-state index contributed by atoms with van der Waals surface area (Å²) in [5, 5.41) is 6.93. The van der Waals surface area contributed by atoms with Gasteiger partial charge in [0, 0.05) is 47.6 Å². The van der Waals surface area contributed by atoms with Gasteiger partial charge in [0.25, 0.3) is 0 Å². The summed E-state index contributed by atoms with van der Waals surface area (Å²) < 4.78 is 18.2. The number of benzene rings is 2. The van der Waals surface area contributed by atoms with E-state index in [2.05, 4.69) is 77.3 Å². The molecular formula is C35H43N7O3. The number of hydrogen-bond acceptors (Lipinski definition) is 10. The highest BCUT2D eigenvalue weighted by Gasteiger charge is 2.44. The first kappa shape index (κ1) is 28.7. The van der Waals surface area contributed by atoms with Crippen LogP contribution in [0.15, 0.2) is 40.9 Å². The van der Waals surface area contributed by atoms with Crippen LogP contribution in [0.2, 0.25) is 0 Å². The van der Waals surface area contributed by atoms with Gasteiger partial charge in [-0.1, -0.05) is 42.4 Å². The standard InChI is InChI=1S/C35H43N7O3/c1-4-23-7-5-8-24-9-6-10-28(30(23)24)41-16-13-26-27(19-41)36-34(44-22-35(14-15-35)21-40(2)3)38-32(26)42-17-18-43-29(20-42)31-37-33(45-39-31)25-11-12-25/h5-10,25,29H,4,11-22H2,1-3H3. The first-order valence-electron chi connectivity index (χ1n) is 16.6. The van der Waals surface area contributed by atoms with Crippen LogP contribution in [0.4, 0.5) is 11.5 Å². The van der Waals surface area contributed by atoms with Crippen LogP contribution in [-0.2, 0) is 24.1 Å². The Kier molecular flexibility index (Phi) is 7.37. The van der Waals surface area contributed by atoms with E-state index < -0.39 is 0 Å². The summed E-state index contributed by atoms with van der Waals surface area (Å²) in [6.45, 7) is 7.42. The van der Waals surface area contributed by atoms with Crippen molar-refractivity contribution in [2.24, 2.45) is 5.41 Å². The zero-order chi connectivity index (χ0) is 30.5. The predicted molar refractivity (Wildman–Crippen MR) is 173 cm³/mol. The summed E-state index contributed by atoms with van der Waals surface area (Å²) in [6, 6.07) is 13.8. The Labute approximate surface area is 264 Å². The van der Waals surface area contributed by atoms with Crippen molar-refractivity contribution in [3.8, 4) is 6.01 Å². The van der Waals surface area contributed by atoms with E-state index in [0.717, 1.165) is 62.7 Å². The van der Waals surface area contributed by atoms with E-state index in [0.29, 0.717) is 44.1 Å². The molecule has 3 fully saturated rings. The molecule has 1 atom stereocenters. The molecule has 2 aromatic carbocycles. The van der Waals surface area contributed by atoms with E-state index in [4.69, 9.17) is 28.9 Å². The topological polar surface area (TPSA) is 92.9 Å². The van der Waals surface area contributed by atoms with E-state index in [-0.39, 0.29) is 11.5 Å². The monoisotopic (exact) mass is 609 g/mol. The molecule has 2 aliphatic carbocycles. The Balaban J connectivity index is 1.12. The van der Waals surface area contributed by atoms with Gasteiger partial charge in [-0.15, -0.1) is 0 Å². The van der Waals surface area contributed by atoms with E-state index in [1.807, 2.05) is 0 Å². The third-order valence-electron chi connectivity index (χ3n) is 9.87. The maximum absolute atomic E-state index is 6.46. The Morgan fingerprint density at radius 1 is 1.02 bits per heavy atom. The Morgan fingerprint density at radius 3 is 2.64 bits per heavy atom. The quantitative estimate of drug-likeness (QED) is 0.235. The lowest BCUT2D eigenvalue weighted by molar-refractivity contribution is 0.0322. The molecule has 2 aliphatic heterocycles. The van der Waals surface area contributed by atoms with Crippen LogP contribution in [-0.4, -0.2) is 78.5 Å². The van der Waals surface area contributed by atoms with Gasteiger partial charge in [0.15, 0.2) is 0 Å². The highest BCUT2D eigenvalue weighted by molar-refractivity contribution is 5.97. The van der Waals surface area contributed by atoms with Crippen molar-refractivity contribution in [2.45, 2.75) is 64.0 Å². The molecule has 1 unspecified atom stereocenters. The van der Waals surface area contributed by atoms with Crippen LogP contribution in [0.1, 0.15) is 73.2 Å². The Morgan fingerprint density at radius 2 is 1.87 bits per heavy atom. The van der Waals surface area contributed by atoms with Crippen molar-refractivity contribution in [1.29, 1.82) is 0 Å². The van der Waals surface area contributed by atoms with E-state index in [1.54, 1.807) is 0 Å². The van der Waals surface area contributed by atoms with Crippen molar-refractivity contribution in [3.05, 3.63) is 64.9 Å². The minimum Gasteiger partial charge on any atom is -0.463 e. The average molecular weight is 610 g/mol. The molecule has 2 aromatic heterocycles. The second kappa shape index (κ2) is 11.6. The molecule has 0 amide bonds. The van der Waals surface area contributed by atoms with Crippen LogP contribution in [0, 0.1) is 5.41 Å². The van der Waals surface area contributed by atoms with Gasteiger partial charge in [-0.05, 0) is 69.6 Å². The summed E-state index contributed by atoms with van der Waals surface area (Å²) in [6.07, 6.45) is 6.20. The molecule has 236 valence electrons. The lowest BCUT2D eigenvalue weighted by atomic mass is 9.98. The first-order chi connectivity index (χ1) is 22.0. The first-order valence-corrected chi connectivity index (χ1v) is 16.6. The van der Waals surface area contributed by atoms with Gasteiger partial charge in [0.2, 0.25) is 11.7 Å². The third kappa shape index (κ3) is 5.74. The fourth-order valence-corrected chi connectivity index (χ4v) is 7.16. The molecule has 45 heavy (non-hydrogen) atoms. The van der Waals surface area contributed by atoms with Crippen molar-refractivity contribution < 1.29 is 14.0 Å². The van der Waals surface area contributed by atoms with Crippen LogP contribution in [0.5, 0.6) is 6.01 Å². The van der Waals surface area contributed by atoms with E-state index in [9.17, 15) is 0 Å². The molecule has 0 radical (unpaired) electrons. The second-order valence-corrected chi connectivity index (χ2v) is 13.7. The molecule has 8 rings (SSSR count). The number of aromatic nitrogens is 4. The predicted octanol–water partition coefficient (Wildman–Crippen LogP) is 5.31. The second-order valence-electron chi connectivity index (χ2n) is 13.7. The number of aryl methyl sites for hydroxylation is 1. The van der Waals surface area contributed by atoms with Crippen molar-refractivity contribution >= 4 is 22.3 Å². The number of hydrogen-bond donors (Lipinski definition) is 0. The molecular weight excluding hydrogens is 566 g/mol. The molecule has 4 aromatic rings. The summed E-state index contributed by atoms with van der Waals surface area (Å²) >= 11 is 0. The van der Waals surface area contributed by atoms with Crippen LogP contribution in [0.25, 0.3) is 10.8 Å². The van der Waals surface area contributed by atoms with Gasteiger partial charge in [-0.25, -0.2) is 0 Å². The van der Waals surface area contributed by atoms with Gasteiger partial charge in [0.1, 0.15) is 11.9 Å². The van der Waals surface area contributed by atoms with Crippen molar-refractivity contribution in [2.75, 3.05) is 63.3 Å². The van der Waals surface area contributed by atoms with Gasteiger partial charge in [0.05, 0.1) is 32.0 Å². The zero-order valence-corrected chi connectivity index (χ0v) is 26.7. The zero-order valence-electron chi connectivity index (χ0n) is 26.7. The van der Waals surface area contributed by atoms with Gasteiger partial charge >= 0.3 is 6.01 Å². The Hall–Kier alpha value is -3.76. The molecule has 4 aliphatic rings. The summed E-state index contributed by atoms with van der Waals surface area (Å²) in [5.74, 6) is 2.75. The smallest absolute Gasteiger partial charge is 0.318 e. The molecule has 1 saturated heterocycles.